The van der Waals surface area contributed by atoms with Crippen LogP contribution in [-0.4, -0.2) is 39.8 Å². The number of ether oxygens (including phenoxy) is 2. The Balaban J connectivity index is 1.89. The van der Waals surface area contributed by atoms with E-state index in [4.69, 9.17) is 9.47 Å². The van der Waals surface area contributed by atoms with Crippen molar-refractivity contribution in [3.8, 4) is 0 Å². The van der Waals surface area contributed by atoms with Crippen molar-refractivity contribution in [3.63, 3.8) is 0 Å². The number of carbonyl (C=O) groups is 2. The lowest BCUT2D eigenvalue weighted by atomic mass is 9.82. The summed E-state index contributed by atoms with van der Waals surface area (Å²) < 4.78 is 11.4. The number of ketones is 1. The van der Waals surface area contributed by atoms with Gasteiger partial charge < -0.3 is 14.6 Å². The topological polar surface area (TPSA) is 76.1 Å². The van der Waals surface area contributed by atoms with E-state index in [1.54, 1.807) is 19.9 Å². The maximum atomic E-state index is 12.7. The number of rotatable bonds is 0. The van der Waals surface area contributed by atoms with Gasteiger partial charge in [-0.15, -0.1) is 0 Å². The molecule has 5 heteroatoms. The smallest absolute Gasteiger partial charge is 0.334 e. The molecule has 2 aliphatic heterocycles. The van der Waals surface area contributed by atoms with E-state index in [2.05, 4.69) is 6.58 Å². The van der Waals surface area contributed by atoms with Gasteiger partial charge in [0.05, 0.1) is 17.3 Å². The fourth-order valence-electron chi connectivity index (χ4n) is 3.86. The maximum Gasteiger partial charge on any atom is 0.334 e. The Labute approximate surface area is 149 Å². The summed E-state index contributed by atoms with van der Waals surface area (Å²) in [5.41, 5.74) is -2.04. The number of carbonyl (C=O) groups excluding carboxylic acids is 2. The van der Waals surface area contributed by atoms with Crippen molar-refractivity contribution in [2.24, 2.45) is 5.92 Å². The quantitative estimate of drug-likeness (QED) is 0.315. The first-order valence-corrected chi connectivity index (χ1v) is 9.08. The highest BCUT2D eigenvalue weighted by molar-refractivity contribution is 5.94. The molecule has 0 spiro atoms. The van der Waals surface area contributed by atoms with Crippen LogP contribution in [0.4, 0.5) is 0 Å². The third-order valence-corrected chi connectivity index (χ3v) is 6.02. The van der Waals surface area contributed by atoms with Crippen molar-refractivity contribution >= 4 is 11.8 Å². The molecule has 138 valence electrons. The van der Waals surface area contributed by atoms with E-state index in [1.165, 1.54) is 0 Å². The van der Waals surface area contributed by atoms with Crippen LogP contribution in [0.2, 0.25) is 0 Å². The molecular formula is C20H28O5. The molecular weight excluding hydrogens is 320 g/mol. The number of hydrogen-bond acceptors (Lipinski definition) is 5. The summed E-state index contributed by atoms with van der Waals surface area (Å²) in [6.45, 7) is 9.34. The van der Waals surface area contributed by atoms with Crippen LogP contribution in [0.5, 0.6) is 0 Å². The van der Waals surface area contributed by atoms with Crippen LogP contribution < -0.4 is 0 Å². The van der Waals surface area contributed by atoms with E-state index in [0.717, 1.165) is 0 Å². The van der Waals surface area contributed by atoms with Crippen LogP contribution in [0.15, 0.2) is 24.3 Å². The zero-order chi connectivity index (χ0) is 18.5. The summed E-state index contributed by atoms with van der Waals surface area (Å²) in [6.07, 6.45) is 6.74. The molecule has 25 heavy (non-hydrogen) atoms. The zero-order valence-electron chi connectivity index (χ0n) is 15.3. The first-order chi connectivity index (χ1) is 11.5. The minimum atomic E-state index is -1.15. The van der Waals surface area contributed by atoms with Gasteiger partial charge in [0.15, 0.2) is 11.4 Å². The lowest BCUT2D eigenvalue weighted by Gasteiger charge is -2.28. The molecule has 3 rings (SSSR count). The van der Waals surface area contributed by atoms with Gasteiger partial charge in [0.1, 0.15) is 0 Å². The average molecular weight is 348 g/mol. The molecule has 0 radical (unpaired) electrons. The van der Waals surface area contributed by atoms with Gasteiger partial charge >= 0.3 is 5.97 Å². The highest BCUT2D eigenvalue weighted by Crippen LogP contribution is 2.46. The third-order valence-electron chi connectivity index (χ3n) is 6.02. The van der Waals surface area contributed by atoms with Crippen LogP contribution in [0, 0.1) is 5.92 Å². The van der Waals surface area contributed by atoms with Gasteiger partial charge in [-0.3, -0.25) is 4.79 Å². The van der Waals surface area contributed by atoms with Crippen molar-refractivity contribution in [3.05, 3.63) is 24.3 Å². The maximum absolute atomic E-state index is 12.7. The average Bonchev–Trinajstić information content (AvgIpc) is 3.18. The molecule has 3 aliphatic rings. The Morgan fingerprint density at radius 1 is 1.24 bits per heavy atom. The molecule has 5 atom stereocenters. The Hall–Kier alpha value is -1.46. The minimum Gasteiger partial charge on any atom is -0.448 e. The molecule has 5 nitrogen and oxygen atoms in total. The molecule has 1 N–H and O–H groups in total. The van der Waals surface area contributed by atoms with E-state index < -0.39 is 17.2 Å². The van der Waals surface area contributed by atoms with Crippen LogP contribution >= 0.6 is 0 Å². The molecule has 2 heterocycles. The summed E-state index contributed by atoms with van der Waals surface area (Å²) in [5, 5.41) is 10.5. The number of epoxide rings is 1. The van der Waals surface area contributed by atoms with Gasteiger partial charge in [-0.25, -0.2) is 4.79 Å². The second kappa shape index (κ2) is 6.06. The second-order valence-corrected chi connectivity index (χ2v) is 8.42. The molecule has 1 aliphatic carbocycles. The molecule has 2 saturated heterocycles. The van der Waals surface area contributed by atoms with E-state index >= 15 is 0 Å². The second-order valence-electron chi connectivity index (χ2n) is 8.42. The Bertz CT molecular complexity index is 634. The fraction of sp³-hybridized carbons (Fsp3) is 0.700. The largest absolute Gasteiger partial charge is 0.448 e. The number of Topliss-reactive ketones (excluding diaryl/α,β-unsaturated/α-hetero) is 1. The van der Waals surface area contributed by atoms with E-state index in [-0.39, 0.29) is 29.8 Å². The van der Waals surface area contributed by atoms with Gasteiger partial charge in [0.2, 0.25) is 0 Å². The summed E-state index contributed by atoms with van der Waals surface area (Å²) in [6, 6.07) is 0. The van der Waals surface area contributed by atoms with Crippen LogP contribution in [0.3, 0.4) is 0 Å². The lowest BCUT2D eigenvalue weighted by molar-refractivity contribution is -0.162. The summed E-state index contributed by atoms with van der Waals surface area (Å²) in [4.78, 5) is 25.1. The Morgan fingerprint density at radius 3 is 2.68 bits per heavy atom. The normalized spacial score (nSPS) is 46.6. The van der Waals surface area contributed by atoms with Crippen molar-refractivity contribution in [1.82, 2.24) is 0 Å². The van der Waals surface area contributed by atoms with Crippen molar-refractivity contribution < 1.29 is 24.2 Å². The fourth-order valence-corrected chi connectivity index (χ4v) is 3.86. The van der Waals surface area contributed by atoms with Gasteiger partial charge in [-0.05, 0) is 58.8 Å². The third kappa shape index (κ3) is 3.72. The van der Waals surface area contributed by atoms with E-state index in [9.17, 15) is 14.7 Å². The summed E-state index contributed by atoms with van der Waals surface area (Å²) >= 11 is 0. The van der Waals surface area contributed by atoms with Crippen molar-refractivity contribution in [2.75, 3.05) is 0 Å². The van der Waals surface area contributed by atoms with E-state index in [1.807, 2.05) is 13.0 Å². The first-order valence-electron chi connectivity index (χ1n) is 9.08. The SMILES string of the molecule is C=C1C(=O)O[C@]2(C)CC[C@@H]1C[C@@H]1O[C@@]1(C)C/C=C\[C@](C)(O)CCC2=O. The summed E-state index contributed by atoms with van der Waals surface area (Å²) in [7, 11) is 0. The van der Waals surface area contributed by atoms with Crippen molar-refractivity contribution in [2.45, 2.75) is 82.2 Å². The van der Waals surface area contributed by atoms with Crippen molar-refractivity contribution in [1.29, 1.82) is 0 Å². The minimum absolute atomic E-state index is 0.0241. The van der Waals surface area contributed by atoms with E-state index in [0.29, 0.717) is 37.7 Å². The lowest BCUT2D eigenvalue weighted by Crippen LogP contribution is -2.40. The van der Waals surface area contributed by atoms with Gasteiger partial charge in [0, 0.05) is 12.0 Å². The molecule has 2 fully saturated rings. The predicted molar refractivity (Wildman–Crippen MR) is 92.9 cm³/mol. The highest BCUT2D eigenvalue weighted by atomic mass is 16.6. The predicted octanol–water partition coefficient (Wildman–Crippen LogP) is 2.86. The molecule has 0 aromatic rings. The molecule has 0 amide bonds. The van der Waals surface area contributed by atoms with Crippen LogP contribution in [0.25, 0.3) is 0 Å². The zero-order valence-corrected chi connectivity index (χ0v) is 15.3. The number of aliphatic hydroxyl groups is 1. The van der Waals surface area contributed by atoms with Gasteiger partial charge in [0.25, 0.3) is 0 Å². The number of esters is 1. The first kappa shape index (κ1) is 18.3. The summed E-state index contributed by atoms with van der Waals surface area (Å²) in [5.74, 6) is -0.656. The van der Waals surface area contributed by atoms with Crippen LogP contribution in [-0.2, 0) is 19.1 Å². The molecule has 0 aromatic carbocycles. The molecule has 2 bridgehead atoms. The highest BCUT2D eigenvalue weighted by Gasteiger charge is 2.53. The molecule has 0 aromatic heterocycles. The Kier molecular flexibility index (Phi) is 4.44. The Morgan fingerprint density at radius 2 is 1.96 bits per heavy atom. The van der Waals surface area contributed by atoms with Gasteiger partial charge in [-0.1, -0.05) is 18.7 Å². The van der Waals surface area contributed by atoms with Gasteiger partial charge in [-0.2, -0.15) is 0 Å². The molecule has 0 unspecified atom stereocenters. The van der Waals surface area contributed by atoms with Crippen LogP contribution in [0.1, 0.15) is 59.3 Å². The monoisotopic (exact) mass is 348 g/mol. The number of hydrogen-bond donors (Lipinski definition) is 1. The molecule has 0 saturated carbocycles. The number of fused-ring (bicyclic) bond motifs is 4. The standard InChI is InChI=1S/C20H28O5/c1-13-14-6-11-19(3,25-17(13)22)15(21)7-10-18(2,23)8-5-9-20(4)16(12-14)24-20/h5,8,14,16,23H,1,6-7,9-12H2,2-4H3/b8-5-/t14-,16+,18+,19-,20+/m1/s1.